The Kier molecular flexibility index (Phi) is 7.63. The summed E-state index contributed by atoms with van der Waals surface area (Å²) in [5.74, 6) is -0.762. The van der Waals surface area contributed by atoms with Gasteiger partial charge in [-0.1, -0.05) is 36.4 Å². The molecule has 6 nitrogen and oxygen atoms in total. The predicted octanol–water partition coefficient (Wildman–Crippen LogP) is 3.35. The van der Waals surface area contributed by atoms with Gasteiger partial charge in [-0.25, -0.2) is 4.79 Å². The summed E-state index contributed by atoms with van der Waals surface area (Å²) in [7, 11) is 1.30. The number of nitrogens with two attached hydrogens (primary N) is 1. The average molecular weight is 408 g/mol. The van der Waals surface area contributed by atoms with Gasteiger partial charge < -0.3 is 15.8 Å². The number of carbonyl (C=O) groups is 2. The zero-order valence-electron chi connectivity index (χ0n) is 17.4. The monoisotopic (exact) mass is 407 g/mol. The Bertz CT molecular complexity index is 909. The van der Waals surface area contributed by atoms with E-state index >= 15 is 0 Å². The van der Waals surface area contributed by atoms with Gasteiger partial charge in [-0.2, -0.15) is 0 Å². The summed E-state index contributed by atoms with van der Waals surface area (Å²) < 4.78 is 4.69. The first kappa shape index (κ1) is 21.6. The maximum Gasteiger partial charge on any atom is 0.337 e. The number of nitrogens with one attached hydrogen (secondary N) is 1. The smallest absolute Gasteiger partial charge is 0.337 e. The van der Waals surface area contributed by atoms with Gasteiger partial charge in [0.05, 0.1) is 18.2 Å². The zero-order valence-corrected chi connectivity index (χ0v) is 17.4. The van der Waals surface area contributed by atoms with Crippen LogP contribution in [-0.2, 0) is 4.74 Å². The normalized spacial score (nSPS) is 14.1. The predicted molar refractivity (Wildman–Crippen MR) is 119 cm³/mol. The Morgan fingerprint density at radius 1 is 1.13 bits per heavy atom. The molecule has 0 atom stereocenters. The molecule has 158 valence electrons. The summed E-state index contributed by atoms with van der Waals surface area (Å²) in [5, 5.41) is 2.89. The fraction of sp³-hybridized carbons (Fsp3) is 0.333. The van der Waals surface area contributed by atoms with Gasteiger partial charge in [0.15, 0.2) is 0 Å². The second kappa shape index (κ2) is 10.6. The number of hydrogen-bond acceptors (Lipinski definition) is 5. The lowest BCUT2D eigenvalue weighted by molar-refractivity contribution is 0.0600. The van der Waals surface area contributed by atoms with Gasteiger partial charge in [0.2, 0.25) is 0 Å². The minimum Gasteiger partial charge on any atom is -0.465 e. The summed E-state index contributed by atoms with van der Waals surface area (Å²) in [6.45, 7) is 3.60. The third kappa shape index (κ3) is 5.70. The first-order chi connectivity index (χ1) is 14.6. The summed E-state index contributed by atoms with van der Waals surface area (Å²) >= 11 is 0. The van der Waals surface area contributed by atoms with Crippen LogP contribution in [0.3, 0.4) is 0 Å². The third-order valence-electron chi connectivity index (χ3n) is 5.34. The van der Waals surface area contributed by atoms with Crippen molar-refractivity contribution < 1.29 is 14.3 Å². The molecule has 6 heteroatoms. The SMILES string of the molecule is COC(=O)c1ccc(N)c(C(=O)NCCCCN2CC=C(c3ccccc3)CC2)c1. The van der Waals surface area contributed by atoms with Gasteiger partial charge in [-0.05, 0) is 55.1 Å². The standard InChI is InChI=1S/C24H29N3O3/c1-30-24(29)20-9-10-22(25)21(17-20)23(28)26-13-5-6-14-27-15-11-19(12-16-27)18-7-3-2-4-8-18/h2-4,7-11,17H,5-6,12-16,25H2,1H3,(H,26,28). The molecule has 1 heterocycles. The molecule has 0 aromatic heterocycles. The highest BCUT2D eigenvalue weighted by atomic mass is 16.5. The first-order valence-electron chi connectivity index (χ1n) is 10.3. The molecule has 1 aliphatic heterocycles. The van der Waals surface area contributed by atoms with Crippen molar-refractivity contribution in [3.05, 3.63) is 71.3 Å². The van der Waals surface area contributed by atoms with Crippen molar-refractivity contribution in [2.24, 2.45) is 0 Å². The lowest BCUT2D eigenvalue weighted by Gasteiger charge is -2.26. The summed E-state index contributed by atoms with van der Waals surface area (Å²) in [6, 6.07) is 15.1. The zero-order chi connectivity index (χ0) is 21.3. The molecule has 0 bridgehead atoms. The molecule has 3 rings (SSSR count). The van der Waals surface area contributed by atoms with Crippen molar-refractivity contribution in [3.8, 4) is 0 Å². The van der Waals surface area contributed by atoms with Crippen LogP contribution in [0.4, 0.5) is 5.69 Å². The number of unbranched alkanes of at least 4 members (excludes halogenated alkanes) is 1. The number of carbonyl (C=O) groups excluding carboxylic acids is 2. The second-order valence-electron chi connectivity index (χ2n) is 7.40. The molecule has 2 aromatic carbocycles. The number of amides is 1. The van der Waals surface area contributed by atoms with E-state index in [1.54, 1.807) is 12.1 Å². The van der Waals surface area contributed by atoms with Crippen LogP contribution in [-0.4, -0.2) is 50.1 Å². The van der Waals surface area contributed by atoms with E-state index < -0.39 is 5.97 Å². The highest BCUT2D eigenvalue weighted by molar-refractivity contribution is 6.02. The molecule has 1 amide bonds. The van der Waals surface area contributed by atoms with E-state index in [2.05, 4.69) is 40.6 Å². The van der Waals surface area contributed by atoms with Crippen molar-refractivity contribution >= 4 is 23.1 Å². The van der Waals surface area contributed by atoms with E-state index in [1.165, 1.54) is 24.3 Å². The van der Waals surface area contributed by atoms with Gasteiger partial charge in [0.1, 0.15) is 0 Å². The van der Waals surface area contributed by atoms with Crippen molar-refractivity contribution in [2.45, 2.75) is 19.3 Å². The lowest BCUT2D eigenvalue weighted by Crippen LogP contribution is -2.30. The Balaban J connectivity index is 1.39. The van der Waals surface area contributed by atoms with E-state index in [-0.39, 0.29) is 5.91 Å². The molecule has 0 unspecified atom stereocenters. The molecular weight excluding hydrogens is 378 g/mol. The molecule has 3 N–H and O–H groups in total. The van der Waals surface area contributed by atoms with Gasteiger partial charge in [0, 0.05) is 25.3 Å². The van der Waals surface area contributed by atoms with Crippen LogP contribution >= 0.6 is 0 Å². The van der Waals surface area contributed by atoms with Crippen LogP contribution in [0.15, 0.2) is 54.6 Å². The molecule has 0 aliphatic carbocycles. The maximum absolute atomic E-state index is 12.4. The minimum atomic E-state index is -0.491. The number of esters is 1. The molecule has 0 radical (unpaired) electrons. The topological polar surface area (TPSA) is 84.7 Å². The maximum atomic E-state index is 12.4. The fourth-order valence-corrected chi connectivity index (χ4v) is 3.58. The van der Waals surface area contributed by atoms with Crippen LogP contribution in [0.1, 0.15) is 45.5 Å². The highest BCUT2D eigenvalue weighted by Gasteiger charge is 2.15. The van der Waals surface area contributed by atoms with E-state index in [0.29, 0.717) is 23.4 Å². The Hall–Kier alpha value is -3.12. The molecule has 1 aliphatic rings. The summed E-state index contributed by atoms with van der Waals surface area (Å²) in [4.78, 5) is 26.5. The van der Waals surface area contributed by atoms with Crippen LogP contribution in [0.2, 0.25) is 0 Å². The molecular formula is C24H29N3O3. The summed E-state index contributed by atoms with van der Waals surface area (Å²) in [5.41, 5.74) is 9.58. The number of benzene rings is 2. The number of anilines is 1. The average Bonchev–Trinajstić information content (AvgIpc) is 2.79. The van der Waals surface area contributed by atoms with Gasteiger partial charge >= 0.3 is 5.97 Å². The van der Waals surface area contributed by atoms with Gasteiger partial charge in [-0.15, -0.1) is 0 Å². The van der Waals surface area contributed by atoms with Crippen LogP contribution in [0.5, 0.6) is 0 Å². The van der Waals surface area contributed by atoms with Crippen molar-refractivity contribution in [2.75, 3.05) is 39.0 Å². The quantitative estimate of drug-likeness (QED) is 0.398. The number of hydrogen-bond donors (Lipinski definition) is 2. The van der Waals surface area contributed by atoms with E-state index in [4.69, 9.17) is 10.5 Å². The molecule has 0 spiro atoms. The van der Waals surface area contributed by atoms with E-state index in [9.17, 15) is 9.59 Å². The lowest BCUT2D eigenvalue weighted by atomic mass is 9.99. The van der Waals surface area contributed by atoms with Crippen LogP contribution < -0.4 is 11.1 Å². The number of nitrogens with zero attached hydrogens (tertiary/aromatic N) is 1. The molecule has 0 saturated carbocycles. The van der Waals surface area contributed by atoms with Crippen molar-refractivity contribution in [1.29, 1.82) is 0 Å². The molecule has 0 saturated heterocycles. The van der Waals surface area contributed by atoms with Crippen LogP contribution in [0.25, 0.3) is 5.57 Å². The summed E-state index contributed by atoms with van der Waals surface area (Å²) in [6.07, 6.45) is 5.27. The second-order valence-corrected chi connectivity index (χ2v) is 7.40. The first-order valence-corrected chi connectivity index (χ1v) is 10.3. The van der Waals surface area contributed by atoms with Crippen molar-refractivity contribution in [1.82, 2.24) is 10.2 Å². The van der Waals surface area contributed by atoms with Crippen LogP contribution in [0, 0.1) is 0 Å². The number of rotatable bonds is 8. The fourth-order valence-electron chi connectivity index (χ4n) is 3.58. The third-order valence-corrected chi connectivity index (χ3v) is 5.34. The number of nitrogen functional groups attached to an aromatic ring is 1. The number of ether oxygens (including phenoxy) is 1. The van der Waals surface area contributed by atoms with Gasteiger partial charge in [0.25, 0.3) is 5.91 Å². The Morgan fingerprint density at radius 2 is 1.93 bits per heavy atom. The molecule has 30 heavy (non-hydrogen) atoms. The Labute approximate surface area is 177 Å². The molecule has 2 aromatic rings. The van der Waals surface area contributed by atoms with E-state index in [0.717, 1.165) is 38.9 Å². The minimum absolute atomic E-state index is 0.272. The highest BCUT2D eigenvalue weighted by Crippen LogP contribution is 2.22. The number of methoxy groups -OCH3 is 1. The van der Waals surface area contributed by atoms with E-state index in [1.807, 2.05) is 6.07 Å². The largest absolute Gasteiger partial charge is 0.465 e. The Morgan fingerprint density at radius 3 is 2.63 bits per heavy atom. The molecule has 0 fully saturated rings. The van der Waals surface area contributed by atoms with Crippen molar-refractivity contribution in [3.63, 3.8) is 0 Å². The van der Waals surface area contributed by atoms with Gasteiger partial charge in [-0.3, -0.25) is 9.69 Å².